The smallest absolute Gasteiger partial charge is 0.161 e. The zero-order valence-corrected chi connectivity index (χ0v) is 19.1. The molecule has 7 heteroatoms. The zero-order chi connectivity index (χ0) is 23.7. The van der Waals surface area contributed by atoms with E-state index in [1.165, 1.54) is 11.2 Å². The van der Waals surface area contributed by atoms with Crippen LogP contribution in [0, 0.1) is 6.92 Å². The Hall–Kier alpha value is -4.36. The third-order valence-electron chi connectivity index (χ3n) is 5.87. The number of nitrogens with zero attached hydrogens (tertiary/aromatic N) is 3. The average molecular weight is 451 g/mol. The monoisotopic (exact) mass is 450 g/mol. The van der Waals surface area contributed by atoms with E-state index in [9.17, 15) is 0 Å². The molecule has 0 radical (unpaired) electrons. The van der Waals surface area contributed by atoms with Crippen molar-refractivity contribution in [2.75, 3.05) is 10.3 Å². The van der Waals surface area contributed by atoms with Crippen LogP contribution in [-0.4, -0.2) is 9.97 Å². The lowest BCUT2D eigenvalue weighted by Gasteiger charge is -2.22. The van der Waals surface area contributed by atoms with Gasteiger partial charge in [0.05, 0.1) is 17.4 Å². The number of nitrogens with one attached hydrogen (secondary N) is 1. The van der Waals surface area contributed by atoms with E-state index in [-0.39, 0.29) is 6.04 Å². The molecule has 0 aliphatic heterocycles. The summed E-state index contributed by atoms with van der Waals surface area (Å²) in [5.41, 5.74) is 13.8. The van der Waals surface area contributed by atoms with E-state index in [4.69, 9.17) is 16.0 Å². The number of hydrazine groups is 1. The molecule has 7 nitrogen and oxygen atoms in total. The summed E-state index contributed by atoms with van der Waals surface area (Å²) >= 11 is 0. The fourth-order valence-electron chi connectivity index (χ4n) is 4.31. The Bertz CT molecular complexity index is 1490. The van der Waals surface area contributed by atoms with E-state index < -0.39 is 0 Å². The van der Waals surface area contributed by atoms with E-state index >= 15 is 0 Å². The van der Waals surface area contributed by atoms with Crippen LogP contribution in [0.25, 0.3) is 33.2 Å². The van der Waals surface area contributed by atoms with E-state index in [0.717, 1.165) is 55.7 Å². The summed E-state index contributed by atoms with van der Waals surface area (Å²) in [6.45, 7) is 4.19. The minimum absolute atomic E-state index is 0.0683. The average Bonchev–Trinajstić information content (AvgIpc) is 3.23. The number of hydrogen-bond donors (Lipinski definition) is 3. The van der Waals surface area contributed by atoms with Crippen molar-refractivity contribution in [2.24, 2.45) is 11.6 Å². The Balaban J connectivity index is 1.62. The van der Waals surface area contributed by atoms with E-state index in [1.807, 2.05) is 54.9 Å². The predicted molar refractivity (Wildman–Crippen MR) is 138 cm³/mol. The van der Waals surface area contributed by atoms with Crippen molar-refractivity contribution in [3.05, 3.63) is 96.7 Å². The van der Waals surface area contributed by atoms with Crippen LogP contribution in [0.1, 0.15) is 24.1 Å². The van der Waals surface area contributed by atoms with Gasteiger partial charge in [-0.15, -0.1) is 0 Å². The quantitative estimate of drug-likeness (QED) is 0.227. The lowest BCUT2D eigenvalue weighted by atomic mass is 10.0. The molecular formula is C27H26N6O. The zero-order valence-electron chi connectivity index (χ0n) is 19.1. The molecular weight excluding hydrogens is 424 g/mol. The number of pyridine rings is 2. The number of aromatic nitrogens is 2. The Morgan fingerprint density at radius 2 is 1.91 bits per heavy atom. The van der Waals surface area contributed by atoms with Gasteiger partial charge in [-0.1, -0.05) is 24.3 Å². The summed E-state index contributed by atoms with van der Waals surface area (Å²) in [7, 11) is 0. The first kappa shape index (κ1) is 21.5. The fraction of sp³-hybridized carbons (Fsp3) is 0.111. The second kappa shape index (κ2) is 8.88. The highest BCUT2D eigenvalue weighted by molar-refractivity contribution is 6.08. The highest BCUT2D eigenvalue weighted by atomic mass is 16.3. The first-order valence-corrected chi connectivity index (χ1v) is 11.1. The van der Waals surface area contributed by atoms with Crippen LogP contribution in [0.5, 0.6) is 0 Å². The molecule has 2 aromatic carbocycles. The Morgan fingerprint density at radius 1 is 1.06 bits per heavy atom. The number of fused-ring (bicyclic) bond motifs is 3. The summed E-state index contributed by atoms with van der Waals surface area (Å²) in [4.78, 5) is 8.93. The van der Waals surface area contributed by atoms with Gasteiger partial charge in [-0.05, 0) is 49.7 Å². The number of anilines is 2. The Labute approximate surface area is 197 Å². The molecule has 5 N–H and O–H groups in total. The van der Waals surface area contributed by atoms with Gasteiger partial charge in [-0.25, -0.2) is 5.84 Å². The number of furan rings is 1. The van der Waals surface area contributed by atoms with Crippen molar-refractivity contribution in [2.45, 2.75) is 19.9 Å². The molecule has 5 aromatic rings. The maximum atomic E-state index is 6.51. The second-order valence-corrected chi connectivity index (χ2v) is 8.24. The Kier molecular flexibility index (Phi) is 5.61. The van der Waals surface area contributed by atoms with Crippen molar-refractivity contribution >= 4 is 33.4 Å². The molecule has 3 heterocycles. The highest BCUT2D eigenvalue weighted by Crippen LogP contribution is 2.39. The standard InChI is InChI=1S/C27H26N6O/c1-17-14-21(18(2)32-23-7-3-4-8-24(23)33(29)13-10-28)26-22(15-17)25-27(34-26)20(9-12-31-25)19-6-5-11-30-16-19/h3-16,18,32H,28-29H2,1-2H3/b13-10-. The maximum absolute atomic E-state index is 6.51. The number of aryl methyl sites for hydroxylation is 1. The highest BCUT2D eigenvalue weighted by Gasteiger charge is 2.20. The third-order valence-corrected chi connectivity index (χ3v) is 5.87. The Morgan fingerprint density at radius 3 is 2.71 bits per heavy atom. The molecule has 34 heavy (non-hydrogen) atoms. The molecule has 0 saturated carbocycles. The van der Waals surface area contributed by atoms with Crippen molar-refractivity contribution in [1.82, 2.24) is 9.97 Å². The minimum atomic E-state index is -0.0683. The molecule has 0 saturated heterocycles. The van der Waals surface area contributed by atoms with E-state index in [1.54, 1.807) is 12.4 Å². The second-order valence-electron chi connectivity index (χ2n) is 8.24. The van der Waals surface area contributed by atoms with Crippen LogP contribution in [0.3, 0.4) is 0 Å². The molecule has 0 fully saturated rings. The van der Waals surface area contributed by atoms with Gasteiger partial charge in [0.25, 0.3) is 0 Å². The van der Waals surface area contributed by atoms with Gasteiger partial charge in [0.1, 0.15) is 11.1 Å². The number of hydrogen-bond acceptors (Lipinski definition) is 7. The molecule has 0 spiro atoms. The molecule has 0 amide bonds. The summed E-state index contributed by atoms with van der Waals surface area (Å²) in [6.07, 6.45) is 8.44. The van der Waals surface area contributed by atoms with Crippen molar-refractivity contribution in [3.63, 3.8) is 0 Å². The molecule has 170 valence electrons. The van der Waals surface area contributed by atoms with Gasteiger partial charge >= 0.3 is 0 Å². The molecule has 0 aliphatic rings. The summed E-state index contributed by atoms with van der Waals surface area (Å²) in [5, 5.41) is 6.07. The third kappa shape index (κ3) is 3.82. The van der Waals surface area contributed by atoms with Gasteiger partial charge in [0.15, 0.2) is 5.58 Å². The first-order valence-electron chi connectivity index (χ1n) is 11.1. The number of rotatable bonds is 6. The first-order chi connectivity index (χ1) is 16.6. The molecule has 1 atom stereocenters. The number of para-hydroxylation sites is 2. The van der Waals surface area contributed by atoms with Gasteiger partial charge in [-0.3, -0.25) is 15.0 Å². The normalized spacial score (nSPS) is 12.4. The van der Waals surface area contributed by atoms with Gasteiger partial charge in [-0.2, -0.15) is 0 Å². The SMILES string of the molecule is Cc1cc(C(C)Nc2ccccc2N(N)/C=C\N)c2oc3c(-c4cccnc4)ccnc3c2c1. The predicted octanol–water partition coefficient (Wildman–Crippen LogP) is 5.63. The number of nitrogens with two attached hydrogens (primary N) is 2. The van der Waals surface area contributed by atoms with Gasteiger partial charge in [0, 0.05) is 53.1 Å². The van der Waals surface area contributed by atoms with Crippen LogP contribution >= 0.6 is 0 Å². The van der Waals surface area contributed by atoms with Crippen LogP contribution in [0.2, 0.25) is 0 Å². The van der Waals surface area contributed by atoms with Crippen molar-refractivity contribution in [1.29, 1.82) is 0 Å². The van der Waals surface area contributed by atoms with E-state index in [2.05, 4.69) is 41.3 Å². The van der Waals surface area contributed by atoms with Crippen LogP contribution in [-0.2, 0) is 0 Å². The van der Waals surface area contributed by atoms with Gasteiger partial charge in [0.2, 0.25) is 0 Å². The maximum Gasteiger partial charge on any atom is 0.161 e. The van der Waals surface area contributed by atoms with Crippen LogP contribution in [0.4, 0.5) is 11.4 Å². The fourth-order valence-corrected chi connectivity index (χ4v) is 4.31. The number of benzene rings is 2. The summed E-state index contributed by atoms with van der Waals surface area (Å²) in [6, 6.07) is 17.9. The van der Waals surface area contributed by atoms with Crippen LogP contribution in [0.15, 0.2) is 90.0 Å². The topological polar surface area (TPSA) is 106 Å². The minimum Gasteiger partial charge on any atom is -0.453 e. The molecule has 1 unspecified atom stereocenters. The summed E-state index contributed by atoms with van der Waals surface area (Å²) < 4.78 is 6.51. The molecule has 0 bridgehead atoms. The van der Waals surface area contributed by atoms with E-state index in [0.29, 0.717) is 0 Å². The molecule has 0 aliphatic carbocycles. The van der Waals surface area contributed by atoms with Gasteiger partial charge < -0.3 is 15.5 Å². The van der Waals surface area contributed by atoms with Crippen molar-refractivity contribution in [3.8, 4) is 11.1 Å². The van der Waals surface area contributed by atoms with Crippen LogP contribution < -0.4 is 21.9 Å². The molecule has 3 aromatic heterocycles. The molecule has 5 rings (SSSR count). The summed E-state index contributed by atoms with van der Waals surface area (Å²) in [5.74, 6) is 6.15. The largest absolute Gasteiger partial charge is 0.453 e. The lowest BCUT2D eigenvalue weighted by Crippen LogP contribution is -2.25. The lowest BCUT2D eigenvalue weighted by molar-refractivity contribution is 0.658. The van der Waals surface area contributed by atoms with Crippen molar-refractivity contribution < 1.29 is 4.42 Å².